The minimum Gasteiger partial charge on any atom is -0.497 e. The number of guanidine groups is 3. The van der Waals surface area contributed by atoms with Gasteiger partial charge in [-0.2, -0.15) is 0 Å². The van der Waals surface area contributed by atoms with Gasteiger partial charge in [0.05, 0.1) is 7.11 Å². The number of aliphatic imine (C=N–C) groups is 3. The quantitative estimate of drug-likeness (QED) is 0.0881. The third-order valence-electron chi connectivity index (χ3n) is 18.4. The van der Waals surface area contributed by atoms with Crippen molar-refractivity contribution in [3.05, 3.63) is 160 Å². The van der Waals surface area contributed by atoms with Crippen LogP contribution in [0, 0.1) is 30.5 Å². The summed E-state index contributed by atoms with van der Waals surface area (Å²) in [6.45, 7) is 14.0. The fourth-order valence-corrected chi connectivity index (χ4v) is 13.9. The lowest BCUT2D eigenvalue weighted by Crippen LogP contribution is -2.46. The van der Waals surface area contributed by atoms with Crippen LogP contribution in [0.3, 0.4) is 0 Å². The summed E-state index contributed by atoms with van der Waals surface area (Å²) in [6.07, 6.45) is 5.37. The predicted octanol–water partition coefficient (Wildman–Crippen LogP) is 9.82. The molecule has 21 heteroatoms. The number of rotatable bonds is 15. The number of hydrogen-bond donors (Lipinski definition) is 3. The van der Waals surface area contributed by atoms with Gasteiger partial charge in [0.15, 0.2) is 34.5 Å². The summed E-state index contributed by atoms with van der Waals surface area (Å²) in [5.41, 5.74) is 23.3. The van der Waals surface area contributed by atoms with E-state index in [9.17, 15) is 28.4 Å². The lowest BCUT2D eigenvalue weighted by atomic mass is 9.83. The van der Waals surface area contributed by atoms with Gasteiger partial charge in [-0.05, 0) is 196 Å². The van der Waals surface area contributed by atoms with Crippen molar-refractivity contribution in [3.63, 3.8) is 0 Å². The number of methoxy groups -OCH3 is 1. The summed E-state index contributed by atoms with van der Waals surface area (Å²) in [6, 6.07) is 37.7. The molecular weight excluding hydrogens is 1190 g/mol. The molecule has 5 amide bonds. The third-order valence-corrected chi connectivity index (χ3v) is 19.8. The first-order chi connectivity index (χ1) is 43.4. The Morgan fingerprint density at radius 2 is 1.11 bits per heavy atom. The molecule has 478 valence electrons. The Morgan fingerprint density at radius 3 is 1.60 bits per heavy atom. The van der Waals surface area contributed by atoms with E-state index in [1.165, 1.54) is 23.6 Å². The maximum atomic E-state index is 14.5. The van der Waals surface area contributed by atoms with Gasteiger partial charge in [-0.25, -0.2) is 19.4 Å². The second-order valence-electron chi connectivity index (χ2n) is 25.2. The molecule has 91 heavy (non-hydrogen) atoms. The Morgan fingerprint density at radius 1 is 0.626 bits per heavy atom. The predicted molar refractivity (Wildman–Crippen MR) is 357 cm³/mol. The second kappa shape index (κ2) is 27.2. The molecule has 6 heterocycles. The standard InChI is InChI=1S/C25H29FN4O3.C23H28N4O2S.C22H25ClN4O/c1-16(31)29-11-9-17(10-12-29)15-30-23(32)25(2,28-24(30)27)19-6-4-5-18(13-19)21-14-20(33-3)7-8-22(21)26;1-15-11-20(30-14-15)18-5-4-6-19(12-18)23(3)21(29)27(22(24)25-23)13-17-7-9-26(10-8-17)16(2)28;1-26(2)11-12-27-20(28)22(17-9-10-17,25-21(27)24)18-7-3-5-15(13-18)16-6-4-8-19(23)14-16/h4-8,13-14,17H,9-12,15H2,1-3H3,(H2,27,28);4-6,11-12,14,17H,7-10,13H2,1-3H3,(H2,24,25);3-8,13-14,17H,9-12H2,1-2H3,(H2,24,25). The zero-order valence-corrected chi connectivity index (χ0v) is 54.7. The summed E-state index contributed by atoms with van der Waals surface area (Å²) in [7, 11) is 5.49. The molecule has 6 aliphatic rings. The van der Waals surface area contributed by atoms with Crippen LogP contribution in [0.4, 0.5) is 4.39 Å². The zero-order chi connectivity index (χ0) is 65.1. The maximum Gasteiger partial charge on any atom is 0.262 e. The fraction of sp³-hybridized carbons (Fsp3) is 0.400. The topological polar surface area (TPSA) is 229 Å². The summed E-state index contributed by atoms with van der Waals surface area (Å²) >= 11 is 7.86. The van der Waals surface area contributed by atoms with Crippen molar-refractivity contribution in [1.82, 2.24) is 29.4 Å². The van der Waals surface area contributed by atoms with Crippen LogP contribution in [-0.2, 0) is 40.6 Å². The average Bonchev–Trinajstić information content (AvgIpc) is 1.59. The molecule has 6 aromatic rings. The second-order valence-corrected chi connectivity index (χ2v) is 26.5. The van der Waals surface area contributed by atoms with E-state index in [1.807, 2.05) is 96.4 Å². The van der Waals surface area contributed by atoms with Crippen LogP contribution in [0.25, 0.3) is 32.7 Å². The van der Waals surface area contributed by atoms with E-state index in [1.54, 1.807) is 77.1 Å². The molecule has 3 unspecified atom stereocenters. The number of likely N-dealkylation sites (N-methyl/N-ethyl adjacent to an activating group) is 1. The molecule has 1 aromatic heterocycles. The Kier molecular flexibility index (Phi) is 19.5. The van der Waals surface area contributed by atoms with Crippen LogP contribution >= 0.6 is 22.9 Å². The average molecular weight is 1270 g/mol. The Labute approximate surface area is 541 Å². The molecule has 6 N–H and O–H groups in total. The molecule has 18 nitrogen and oxygen atoms in total. The number of piperidine rings is 2. The van der Waals surface area contributed by atoms with Gasteiger partial charge in [-0.1, -0.05) is 78.3 Å². The van der Waals surface area contributed by atoms with Gasteiger partial charge in [-0.3, -0.25) is 38.7 Å². The summed E-state index contributed by atoms with van der Waals surface area (Å²) in [5, 5.41) is 2.81. The van der Waals surface area contributed by atoms with Crippen LogP contribution in [0.15, 0.2) is 142 Å². The maximum absolute atomic E-state index is 14.5. The smallest absolute Gasteiger partial charge is 0.262 e. The number of thiophene rings is 1. The number of amides is 5. The van der Waals surface area contributed by atoms with Crippen molar-refractivity contribution in [2.75, 3.05) is 73.6 Å². The van der Waals surface area contributed by atoms with Crippen molar-refractivity contribution in [2.24, 2.45) is 49.9 Å². The molecule has 3 atom stereocenters. The van der Waals surface area contributed by atoms with Gasteiger partial charge in [0.1, 0.15) is 11.6 Å². The SMILES string of the molecule is CC(=O)N1CCC(CN2C(=O)C(C)(c3cccc(-c4cc(C)cs4)c3)N=C2N)CC1.CN(C)CCN1C(=O)C(c2cccc(-c3cccc(Cl)c3)c2)(C2CC2)N=C1N.COc1ccc(F)c(-c2cccc(C3(C)N=C(N)N(CC4CCN(C(C)=O)CC4)C3=O)c2)c1. The van der Waals surface area contributed by atoms with Gasteiger partial charge in [0.25, 0.3) is 17.7 Å². The van der Waals surface area contributed by atoms with E-state index in [4.69, 9.17) is 38.5 Å². The molecule has 0 spiro atoms. The number of halogens is 2. The van der Waals surface area contributed by atoms with Gasteiger partial charge < -0.3 is 36.6 Å². The molecule has 0 bridgehead atoms. The Balaban J connectivity index is 0.000000150. The molecule has 3 fully saturated rings. The van der Waals surface area contributed by atoms with Crippen molar-refractivity contribution < 1.29 is 33.1 Å². The number of ether oxygens (including phenoxy) is 1. The highest BCUT2D eigenvalue weighted by Gasteiger charge is 2.58. The Bertz CT molecular complexity index is 3830. The summed E-state index contributed by atoms with van der Waals surface area (Å²) in [4.78, 5) is 89.2. The normalized spacial score (nSPS) is 21.9. The molecule has 5 aromatic carbocycles. The summed E-state index contributed by atoms with van der Waals surface area (Å²) < 4.78 is 19.8. The largest absolute Gasteiger partial charge is 0.497 e. The lowest BCUT2D eigenvalue weighted by molar-refractivity contribution is -0.133. The highest BCUT2D eigenvalue weighted by molar-refractivity contribution is 7.13. The first kappa shape index (κ1) is 65.5. The van der Waals surface area contributed by atoms with Gasteiger partial charge >= 0.3 is 0 Å². The van der Waals surface area contributed by atoms with Gasteiger partial charge in [0.2, 0.25) is 11.8 Å². The molecule has 2 saturated heterocycles. The first-order valence-corrected chi connectivity index (χ1v) is 32.3. The number of nitrogens with two attached hydrogens (primary N) is 3. The number of nitrogens with zero attached hydrogens (tertiary/aromatic N) is 9. The van der Waals surface area contributed by atoms with E-state index < -0.39 is 16.6 Å². The molecule has 1 aliphatic carbocycles. The third kappa shape index (κ3) is 13.9. The number of hydrogen-bond acceptors (Lipinski definition) is 14. The summed E-state index contributed by atoms with van der Waals surface area (Å²) in [5.74, 6) is 1.66. The Hall–Kier alpha value is -8.46. The molecule has 12 rings (SSSR count). The van der Waals surface area contributed by atoms with Crippen molar-refractivity contribution in [3.8, 4) is 38.4 Å². The number of likely N-dealkylation sites (tertiary alicyclic amines) is 2. The van der Waals surface area contributed by atoms with Crippen LogP contribution < -0.4 is 21.9 Å². The van der Waals surface area contributed by atoms with Crippen LogP contribution in [0.5, 0.6) is 5.75 Å². The van der Waals surface area contributed by atoms with E-state index >= 15 is 0 Å². The monoisotopic (exact) mass is 1270 g/mol. The van der Waals surface area contributed by atoms with Crippen molar-refractivity contribution >= 4 is 70.4 Å². The van der Waals surface area contributed by atoms with Crippen LogP contribution in [0.2, 0.25) is 5.02 Å². The van der Waals surface area contributed by atoms with E-state index in [2.05, 4.69) is 46.6 Å². The minimum atomic E-state index is -1.18. The lowest BCUT2D eigenvalue weighted by Gasteiger charge is -2.33. The minimum absolute atomic E-state index is 0.00223. The van der Waals surface area contributed by atoms with E-state index in [0.29, 0.717) is 72.1 Å². The highest BCUT2D eigenvalue weighted by Crippen LogP contribution is 2.52. The number of carbonyl (C=O) groups excluding carboxylic acids is 5. The van der Waals surface area contributed by atoms with Crippen LogP contribution in [0.1, 0.15) is 88.5 Å². The van der Waals surface area contributed by atoms with Crippen LogP contribution in [-0.4, -0.2) is 150 Å². The molecular formula is C70H82ClFN12O6S. The van der Waals surface area contributed by atoms with Crippen molar-refractivity contribution in [2.45, 2.75) is 89.8 Å². The number of benzene rings is 5. The number of aryl methyl sites for hydroxylation is 1. The fourth-order valence-electron chi connectivity index (χ4n) is 12.8. The highest BCUT2D eigenvalue weighted by atomic mass is 35.5. The molecule has 0 radical (unpaired) electrons. The van der Waals surface area contributed by atoms with Crippen molar-refractivity contribution in [1.29, 1.82) is 0 Å². The zero-order valence-electron chi connectivity index (χ0n) is 53.1. The van der Waals surface area contributed by atoms with E-state index in [-0.39, 0.29) is 59.1 Å². The van der Waals surface area contributed by atoms with Gasteiger partial charge in [-0.15, -0.1) is 11.3 Å². The molecule has 5 aliphatic heterocycles. The first-order valence-electron chi connectivity index (χ1n) is 31.1. The van der Waals surface area contributed by atoms with Gasteiger partial charge in [0, 0.05) is 81.7 Å². The molecule has 1 saturated carbocycles. The van der Waals surface area contributed by atoms with E-state index in [0.717, 1.165) is 86.0 Å². The number of carbonyl (C=O) groups is 5.